The summed E-state index contributed by atoms with van der Waals surface area (Å²) in [5.41, 5.74) is 6.54. The maximum absolute atomic E-state index is 11.9. The molecule has 0 atom stereocenters. The number of hydrogen-bond donors (Lipinski definition) is 1. The van der Waals surface area contributed by atoms with Crippen LogP contribution in [0.1, 0.15) is 26.7 Å². The number of aromatic nitrogens is 2. The summed E-state index contributed by atoms with van der Waals surface area (Å²) < 4.78 is 10.8. The molecule has 2 N–H and O–H groups in total. The van der Waals surface area contributed by atoms with Crippen molar-refractivity contribution >= 4 is 11.8 Å². The number of rotatable bonds is 3. The van der Waals surface area contributed by atoms with Crippen molar-refractivity contribution in [2.24, 2.45) is 0 Å². The third-order valence-corrected chi connectivity index (χ3v) is 2.74. The van der Waals surface area contributed by atoms with Gasteiger partial charge in [-0.15, -0.1) is 10.2 Å². The number of nitrogen functional groups attached to an aromatic ring is 1. The molecule has 22 heavy (non-hydrogen) atoms. The highest BCUT2D eigenvalue weighted by atomic mass is 16.6. The number of amides is 1. The molecule has 0 radical (unpaired) electrons. The molecule has 7 nitrogen and oxygen atoms in total. The lowest BCUT2D eigenvalue weighted by molar-refractivity contribution is 0.0272. The molecule has 1 aromatic carbocycles. The first kappa shape index (κ1) is 15.8. The smallest absolute Gasteiger partial charge is 0.410 e. The number of nitrogens with zero attached hydrogens (tertiary/aromatic N) is 3. The number of anilines is 1. The van der Waals surface area contributed by atoms with Gasteiger partial charge in [-0.3, -0.25) is 0 Å². The largest absolute Gasteiger partial charge is 0.444 e. The van der Waals surface area contributed by atoms with Gasteiger partial charge in [0.2, 0.25) is 11.8 Å². The fourth-order valence-electron chi connectivity index (χ4n) is 1.73. The molecule has 2 rings (SSSR count). The summed E-state index contributed by atoms with van der Waals surface area (Å²) >= 11 is 0. The first-order chi connectivity index (χ1) is 10.3. The van der Waals surface area contributed by atoms with E-state index in [1.807, 2.05) is 32.9 Å². The highest BCUT2D eigenvalue weighted by Gasteiger charge is 2.21. The number of para-hydroxylation sites is 1. The van der Waals surface area contributed by atoms with E-state index in [2.05, 4.69) is 10.2 Å². The highest BCUT2D eigenvalue weighted by molar-refractivity contribution is 5.70. The molecule has 7 heteroatoms. The Morgan fingerprint density at radius 1 is 1.32 bits per heavy atom. The Morgan fingerprint density at radius 3 is 2.64 bits per heavy atom. The Kier molecular flexibility index (Phi) is 4.35. The van der Waals surface area contributed by atoms with E-state index in [1.54, 1.807) is 19.2 Å². The second kappa shape index (κ2) is 6.05. The van der Waals surface area contributed by atoms with Gasteiger partial charge in [-0.05, 0) is 32.9 Å². The molecule has 0 fully saturated rings. The summed E-state index contributed by atoms with van der Waals surface area (Å²) in [6, 6.07) is 7.21. The minimum atomic E-state index is -0.552. The summed E-state index contributed by atoms with van der Waals surface area (Å²) in [7, 11) is 1.61. The van der Waals surface area contributed by atoms with Crippen molar-refractivity contribution in [3.8, 4) is 11.5 Å². The minimum Gasteiger partial charge on any atom is -0.444 e. The molecule has 1 heterocycles. The van der Waals surface area contributed by atoms with Gasteiger partial charge in [-0.2, -0.15) is 0 Å². The zero-order chi connectivity index (χ0) is 16.3. The Balaban J connectivity index is 2.06. The molecule has 0 saturated heterocycles. The minimum absolute atomic E-state index is 0.161. The number of benzene rings is 1. The third-order valence-electron chi connectivity index (χ3n) is 2.74. The van der Waals surface area contributed by atoms with Crippen LogP contribution in [0.15, 0.2) is 28.7 Å². The summed E-state index contributed by atoms with van der Waals surface area (Å²) in [5, 5.41) is 7.89. The van der Waals surface area contributed by atoms with Crippen LogP contribution in [0, 0.1) is 0 Å². The van der Waals surface area contributed by atoms with Gasteiger partial charge in [0.15, 0.2) is 0 Å². The van der Waals surface area contributed by atoms with Gasteiger partial charge < -0.3 is 19.8 Å². The van der Waals surface area contributed by atoms with Crippen LogP contribution < -0.4 is 5.73 Å². The molecule has 0 saturated carbocycles. The number of nitrogens with two attached hydrogens (primary N) is 1. The predicted octanol–water partition coefficient (Wildman–Crippen LogP) is 2.69. The predicted molar refractivity (Wildman–Crippen MR) is 81.8 cm³/mol. The van der Waals surface area contributed by atoms with Crippen LogP contribution in [0.2, 0.25) is 0 Å². The zero-order valence-corrected chi connectivity index (χ0v) is 13.2. The van der Waals surface area contributed by atoms with Gasteiger partial charge in [0.05, 0.1) is 5.56 Å². The standard InChI is InChI=1S/C15H20N4O3/c1-15(2,3)22-14(20)19(4)9-12-17-18-13(21-12)10-7-5-6-8-11(10)16/h5-8H,9,16H2,1-4H3. The monoisotopic (exact) mass is 304 g/mol. The second-order valence-corrected chi connectivity index (χ2v) is 5.92. The van der Waals surface area contributed by atoms with Crippen molar-refractivity contribution in [3.05, 3.63) is 30.2 Å². The van der Waals surface area contributed by atoms with Crippen molar-refractivity contribution in [2.75, 3.05) is 12.8 Å². The number of carbonyl (C=O) groups is 1. The van der Waals surface area contributed by atoms with Crippen molar-refractivity contribution in [1.82, 2.24) is 15.1 Å². The second-order valence-electron chi connectivity index (χ2n) is 5.92. The average Bonchev–Trinajstić information content (AvgIpc) is 2.85. The van der Waals surface area contributed by atoms with Crippen molar-refractivity contribution in [1.29, 1.82) is 0 Å². The van der Waals surface area contributed by atoms with Gasteiger partial charge in [0.25, 0.3) is 0 Å². The molecule has 0 spiro atoms. The van der Waals surface area contributed by atoms with Crippen molar-refractivity contribution in [3.63, 3.8) is 0 Å². The summed E-state index contributed by atoms with van der Waals surface area (Å²) in [6.07, 6.45) is -0.452. The molecule has 2 aromatic rings. The lowest BCUT2D eigenvalue weighted by Gasteiger charge is -2.23. The molecule has 1 amide bonds. The van der Waals surface area contributed by atoms with E-state index in [9.17, 15) is 4.79 Å². The van der Waals surface area contributed by atoms with Gasteiger partial charge in [-0.1, -0.05) is 12.1 Å². The van der Waals surface area contributed by atoms with E-state index < -0.39 is 11.7 Å². The van der Waals surface area contributed by atoms with Gasteiger partial charge in [-0.25, -0.2) is 4.79 Å². The van der Waals surface area contributed by atoms with Crippen LogP contribution in [-0.2, 0) is 11.3 Å². The molecule has 118 valence electrons. The topological polar surface area (TPSA) is 94.5 Å². The third kappa shape index (κ3) is 3.97. The van der Waals surface area contributed by atoms with Gasteiger partial charge >= 0.3 is 6.09 Å². The van der Waals surface area contributed by atoms with Crippen molar-refractivity contribution in [2.45, 2.75) is 32.9 Å². The van der Waals surface area contributed by atoms with Crippen LogP contribution in [0.4, 0.5) is 10.5 Å². The highest BCUT2D eigenvalue weighted by Crippen LogP contribution is 2.24. The summed E-state index contributed by atoms with van der Waals surface area (Å²) in [6.45, 7) is 5.58. The van der Waals surface area contributed by atoms with Crippen LogP contribution in [0.5, 0.6) is 0 Å². The maximum atomic E-state index is 11.9. The number of ether oxygens (including phenoxy) is 1. The molecule has 0 aliphatic rings. The van der Waals surface area contributed by atoms with E-state index in [-0.39, 0.29) is 6.54 Å². The zero-order valence-electron chi connectivity index (χ0n) is 13.2. The molecule has 0 aliphatic carbocycles. The van der Waals surface area contributed by atoms with E-state index in [1.165, 1.54) is 4.90 Å². The van der Waals surface area contributed by atoms with Crippen LogP contribution in [0.3, 0.4) is 0 Å². The molecule has 0 aliphatic heterocycles. The molecule has 1 aromatic heterocycles. The lowest BCUT2D eigenvalue weighted by Crippen LogP contribution is -2.33. The van der Waals surface area contributed by atoms with E-state index in [0.717, 1.165) is 0 Å². The fourth-order valence-corrected chi connectivity index (χ4v) is 1.73. The van der Waals surface area contributed by atoms with Crippen LogP contribution in [0.25, 0.3) is 11.5 Å². The SMILES string of the molecule is CN(Cc1nnc(-c2ccccc2N)o1)C(=O)OC(C)(C)C. The van der Waals surface area contributed by atoms with Gasteiger partial charge in [0.1, 0.15) is 12.1 Å². The van der Waals surface area contributed by atoms with Crippen molar-refractivity contribution < 1.29 is 13.9 Å². The molecule has 0 bridgehead atoms. The lowest BCUT2D eigenvalue weighted by atomic mass is 10.2. The number of carbonyl (C=O) groups excluding carboxylic acids is 1. The van der Waals surface area contributed by atoms with Crippen LogP contribution >= 0.6 is 0 Å². The summed E-state index contributed by atoms with van der Waals surface area (Å²) in [4.78, 5) is 13.3. The Morgan fingerprint density at radius 2 is 2.00 bits per heavy atom. The first-order valence-corrected chi connectivity index (χ1v) is 6.87. The van der Waals surface area contributed by atoms with Crippen LogP contribution in [-0.4, -0.2) is 33.8 Å². The van der Waals surface area contributed by atoms with Gasteiger partial charge in [0, 0.05) is 12.7 Å². The molecular formula is C15H20N4O3. The van der Waals surface area contributed by atoms with E-state index >= 15 is 0 Å². The Labute approximate surface area is 129 Å². The molecular weight excluding hydrogens is 284 g/mol. The quantitative estimate of drug-likeness (QED) is 0.876. The summed E-state index contributed by atoms with van der Waals surface area (Å²) in [5.74, 6) is 0.636. The molecule has 0 unspecified atom stereocenters. The number of hydrogen-bond acceptors (Lipinski definition) is 6. The Bertz CT molecular complexity index is 661. The maximum Gasteiger partial charge on any atom is 0.410 e. The average molecular weight is 304 g/mol. The fraction of sp³-hybridized carbons (Fsp3) is 0.400. The Hall–Kier alpha value is -2.57. The first-order valence-electron chi connectivity index (χ1n) is 6.87. The normalized spacial score (nSPS) is 11.3. The van der Waals surface area contributed by atoms with E-state index in [4.69, 9.17) is 14.9 Å². The van der Waals surface area contributed by atoms with E-state index in [0.29, 0.717) is 23.0 Å².